The summed E-state index contributed by atoms with van der Waals surface area (Å²) < 4.78 is 2.12. The van der Waals surface area contributed by atoms with E-state index in [-0.39, 0.29) is 0 Å². The molecule has 0 unspecified atom stereocenters. The Kier molecular flexibility index (Phi) is 51.5. The molecule has 8 aromatic heterocycles. The zero-order chi connectivity index (χ0) is 87.4. The van der Waals surface area contributed by atoms with Crippen LogP contribution in [0.1, 0.15) is 261 Å². The number of thiazole rings is 1. The predicted octanol–water partition coefficient (Wildman–Crippen LogP) is 23.0. The molecule has 0 bridgehead atoms. The highest BCUT2D eigenvalue weighted by atomic mass is 32.1. The van der Waals surface area contributed by atoms with Gasteiger partial charge in [0, 0.05) is 125 Å². The van der Waals surface area contributed by atoms with E-state index in [0.29, 0.717) is 95.7 Å². The monoisotopic (exact) mass is 1600 g/mol. The van der Waals surface area contributed by atoms with Gasteiger partial charge in [-0.25, -0.2) is 34.9 Å². The maximum atomic E-state index is 4.66. The van der Waals surface area contributed by atoms with Gasteiger partial charge in [0.15, 0.2) is 5.13 Å². The van der Waals surface area contributed by atoms with Crippen molar-refractivity contribution in [2.45, 2.75) is 321 Å². The Morgan fingerprint density at radius 2 is 0.774 bits per heavy atom. The van der Waals surface area contributed by atoms with Gasteiger partial charge in [0.1, 0.15) is 34.9 Å². The number of nitrogens with one attached hydrogen (secondary N) is 3. The molecular formula is C95H165N19S. The summed E-state index contributed by atoms with van der Waals surface area (Å²) in [5.41, 5.74) is 9.62. The Labute approximate surface area is 707 Å². The van der Waals surface area contributed by atoms with Crippen LogP contribution in [0, 0.1) is 47.3 Å². The lowest BCUT2D eigenvalue weighted by Crippen LogP contribution is -2.26. The number of aromatic nitrogens is 11. The average Bonchev–Trinajstić information content (AvgIpc) is 1.81. The smallest absolute Gasteiger partial charge is 0.183 e. The summed E-state index contributed by atoms with van der Waals surface area (Å²) in [4.78, 5) is 55.2. The summed E-state index contributed by atoms with van der Waals surface area (Å²) in [5, 5.41) is 13.0. The fraction of sp³-hybridized carbons (Fsp3) is 0.642. The molecule has 8 heterocycles. The number of rotatable bonds is 32. The molecule has 0 aromatic carbocycles. The van der Waals surface area contributed by atoms with Crippen molar-refractivity contribution >= 4 is 57.1 Å². The Hall–Kier alpha value is -8.00. The van der Waals surface area contributed by atoms with Gasteiger partial charge in [-0.3, -0.25) is 15.0 Å². The van der Waals surface area contributed by atoms with Crippen molar-refractivity contribution in [3.05, 3.63) is 155 Å². The van der Waals surface area contributed by atoms with Crippen molar-refractivity contribution in [1.82, 2.24) is 54.4 Å². The van der Waals surface area contributed by atoms with Crippen LogP contribution in [0.15, 0.2) is 116 Å². The minimum absolute atomic E-state index is 0.403. The highest BCUT2D eigenvalue weighted by Crippen LogP contribution is 2.22. The van der Waals surface area contributed by atoms with Crippen LogP contribution in [-0.2, 0) is 51.5 Å². The van der Waals surface area contributed by atoms with Gasteiger partial charge < -0.3 is 45.0 Å². The quantitative estimate of drug-likeness (QED) is 0.0361. The first kappa shape index (κ1) is 105. The third kappa shape index (κ3) is 48.3. The molecule has 115 heavy (non-hydrogen) atoms. The molecular weight excluding hydrogens is 1440 g/mol. The van der Waals surface area contributed by atoms with E-state index in [4.69, 9.17) is 0 Å². The van der Waals surface area contributed by atoms with Crippen molar-refractivity contribution in [2.75, 3.05) is 75.7 Å². The van der Waals surface area contributed by atoms with E-state index in [2.05, 4.69) is 411 Å². The maximum absolute atomic E-state index is 4.66. The second-order valence-corrected chi connectivity index (χ2v) is 37.3. The summed E-state index contributed by atoms with van der Waals surface area (Å²) in [6.07, 6.45) is 24.6. The van der Waals surface area contributed by atoms with E-state index >= 15 is 0 Å². The molecule has 3 N–H and O–H groups in total. The highest BCUT2D eigenvalue weighted by molar-refractivity contribution is 7.13. The average molecular weight is 1610 g/mol. The fourth-order valence-corrected chi connectivity index (χ4v) is 11.7. The van der Waals surface area contributed by atoms with Gasteiger partial charge in [-0.05, 0) is 257 Å². The van der Waals surface area contributed by atoms with Gasteiger partial charge in [-0.1, -0.05) is 123 Å². The van der Waals surface area contributed by atoms with Gasteiger partial charge in [0.05, 0.1) is 60.1 Å². The number of hydrogen-bond donors (Lipinski definition) is 3. The topological polar surface area (TPSA) is 186 Å². The van der Waals surface area contributed by atoms with Gasteiger partial charge in [-0.2, -0.15) is 0 Å². The lowest BCUT2D eigenvalue weighted by molar-refractivity contribution is 0.523. The predicted molar refractivity (Wildman–Crippen MR) is 504 cm³/mol. The highest BCUT2D eigenvalue weighted by Gasteiger charge is 2.14. The van der Waals surface area contributed by atoms with Crippen LogP contribution in [0.4, 0.5) is 45.7 Å². The molecule has 20 heteroatoms. The number of hydrogen-bond acceptors (Lipinski definition) is 19. The Morgan fingerprint density at radius 1 is 0.322 bits per heavy atom. The van der Waals surface area contributed by atoms with Gasteiger partial charge >= 0.3 is 0 Å². The standard InChI is InChI=1S/4C13H22N2.C12H21N3.C11H19N3.C10H19N3.C10H18N2S/c1-10(2)8-12-6-7-13(9-14-12)15(5)11(3)4;1-10(2)8-12-6-7-14-13(9-12)15(5)11(3)4;1-10(2)8-12-6-7-13(14-9-12)15(5)11(3)4;1-10(2)9-12-7-6-8-13(14-12)15(5)11(3)4;1-9(2)6-11-7-14-12(8-13-11)15(5)10(3)4;1-8(2)5-10-6-13-11(7-12-10)14-9(3)4;1-8(2)5-13-6-10(11-7-13)12-9(3)4;1-7(2)5-9-6-13-10(12-9)11-8(3)4/h3*6-7,9-11H,8H2,1-5H3;6-8,10-11H,9H2,1-5H3;7-10H,6H2,1-5H3;6-9H,5H2,1-4H3,(H,13,14);6-9,12H,5H2,1-4H3;6-8H,5H2,1-4H3,(H,11,12). The molecule has 0 atom stereocenters. The SMILES string of the molecule is CC(C)Cc1ccc(N(C)C(C)C)cn1.CC(C)Cc1ccc(N(C)C(C)C)nc1.CC(C)Cc1cccc(N(C)C(C)C)n1.CC(C)Cc1ccnc(N(C)C(C)C)c1.CC(C)Cc1cnc(N(C)C(C)C)cn1.CC(C)Cc1cnc(NC(C)C)cn1.CC(C)Cc1csc(NC(C)C)n1.CC(C)Cn1cnc(NC(C)C)c1. The number of imidazole rings is 1. The molecule has 0 fully saturated rings. The first-order valence-corrected chi connectivity index (χ1v) is 44.0. The molecule has 0 radical (unpaired) electrons. The zero-order valence-corrected chi connectivity index (χ0v) is 80.2. The summed E-state index contributed by atoms with van der Waals surface area (Å²) in [7, 11) is 10.4. The molecule has 646 valence electrons. The largest absolute Gasteiger partial charge is 0.371 e. The first-order valence-electron chi connectivity index (χ1n) is 43.1. The minimum Gasteiger partial charge on any atom is -0.371 e. The van der Waals surface area contributed by atoms with Crippen molar-refractivity contribution in [3.8, 4) is 0 Å². The second kappa shape index (κ2) is 56.4. The molecule has 0 aliphatic heterocycles. The van der Waals surface area contributed by atoms with Gasteiger partial charge in [0.2, 0.25) is 0 Å². The molecule has 0 amide bonds. The third-order valence-electron chi connectivity index (χ3n) is 17.8. The Morgan fingerprint density at radius 3 is 1.23 bits per heavy atom. The van der Waals surface area contributed by atoms with Gasteiger partial charge in [0.25, 0.3) is 0 Å². The van der Waals surface area contributed by atoms with Crippen LogP contribution in [0.3, 0.4) is 0 Å². The van der Waals surface area contributed by atoms with Crippen LogP contribution in [0.5, 0.6) is 0 Å². The molecule has 0 saturated carbocycles. The minimum atomic E-state index is 0.403. The zero-order valence-electron chi connectivity index (χ0n) is 79.4. The van der Waals surface area contributed by atoms with Crippen LogP contribution in [0.25, 0.3) is 0 Å². The second-order valence-electron chi connectivity index (χ2n) is 36.4. The molecule has 8 aromatic rings. The van der Waals surface area contributed by atoms with Gasteiger partial charge in [-0.15, -0.1) is 11.3 Å². The molecule has 0 aliphatic rings. The van der Waals surface area contributed by atoms with Crippen molar-refractivity contribution in [2.24, 2.45) is 47.3 Å². The number of anilines is 8. The summed E-state index contributed by atoms with van der Waals surface area (Å²) in [5.74, 6) is 11.3. The lowest BCUT2D eigenvalue weighted by atomic mass is 10.0. The maximum Gasteiger partial charge on any atom is 0.183 e. The van der Waals surface area contributed by atoms with Crippen molar-refractivity contribution < 1.29 is 0 Å². The number of pyridine rings is 4. The molecule has 0 spiro atoms. The van der Waals surface area contributed by atoms with E-state index in [9.17, 15) is 0 Å². The van der Waals surface area contributed by atoms with E-state index in [1.165, 1.54) is 33.9 Å². The first-order chi connectivity index (χ1) is 53.7. The summed E-state index contributed by atoms with van der Waals surface area (Å²) in [6.45, 7) is 70.8. The van der Waals surface area contributed by atoms with Crippen LogP contribution in [0.2, 0.25) is 0 Å². The molecule has 0 aliphatic carbocycles. The number of nitrogens with zero attached hydrogens (tertiary/aromatic N) is 16. The Balaban J connectivity index is 0.000000658. The fourth-order valence-electron chi connectivity index (χ4n) is 10.9. The third-order valence-corrected chi connectivity index (χ3v) is 18.6. The molecule has 0 saturated heterocycles. The molecule has 19 nitrogen and oxygen atoms in total. The lowest BCUT2D eigenvalue weighted by Gasteiger charge is -2.23. The van der Waals surface area contributed by atoms with E-state index in [1.54, 1.807) is 17.5 Å². The van der Waals surface area contributed by atoms with Crippen LogP contribution >= 0.6 is 11.3 Å². The normalized spacial score (nSPS) is 11.1. The van der Waals surface area contributed by atoms with Crippen molar-refractivity contribution in [1.29, 1.82) is 0 Å². The van der Waals surface area contributed by atoms with E-state index in [1.807, 2.05) is 50.6 Å². The van der Waals surface area contributed by atoms with Crippen LogP contribution in [-0.4, -0.2) is 138 Å². The summed E-state index contributed by atoms with van der Waals surface area (Å²) in [6, 6.07) is 22.9. The van der Waals surface area contributed by atoms with E-state index in [0.717, 1.165) is 103 Å². The van der Waals surface area contributed by atoms with E-state index < -0.39 is 0 Å². The van der Waals surface area contributed by atoms with Crippen LogP contribution < -0.4 is 40.4 Å². The summed E-state index contributed by atoms with van der Waals surface area (Å²) >= 11 is 1.70. The van der Waals surface area contributed by atoms with Crippen molar-refractivity contribution in [3.63, 3.8) is 0 Å². The Bertz CT molecular complexity index is 3360. The molecule has 8 rings (SSSR count).